The molecule has 0 atom stereocenters. The van der Waals surface area contributed by atoms with Crippen LogP contribution in [0.5, 0.6) is 11.5 Å². The summed E-state index contributed by atoms with van der Waals surface area (Å²) in [4.78, 5) is 0. The first-order valence-corrected chi connectivity index (χ1v) is 29.1. The fourth-order valence-electron chi connectivity index (χ4n) is 6.75. The summed E-state index contributed by atoms with van der Waals surface area (Å²) in [6.07, 6.45) is 0. The molecule has 0 radical (unpaired) electrons. The molecule has 0 aliphatic carbocycles. The molecule has 0 bridgehead atoms. The number of phenolic OH excluding ortho intramolecular Hbond substituents is 2. The van der Waals surface area contributed by atoms with Crippen molar-refractivity contribution >= 4 is 64.7 Å². The predicted molar refractivity (Wildman–Crippen MR) is 260 cm³/mol. The van der Waals surface area contributed by atoms with Crippen LogP contribution in [-0.2, 0) is 42.5 Å². The Morgan fingerprint density at radius 2 is 0.593 bits per heavy atom. The van der Waals surface area contributed by atoms with Crippen molar-refractivity contribution in [1.29, 1.82) is 0 Å². The molecule has 2 N–H and O–H groups in total. The molecule has 0 saturated heterocycles. The van der Waals surface area contributed by atoms with Crippen LogP contribution in [0.15, 0.2) is 146 Å². The van der Waals surface area contributed by atoms with E-state index in [1.807, 2.05) is 24.3 Å². The second kappa shape index (κ2) is 20.9. The Hall–Kier alpha value is -2.76. The second-order valence-electron chi connectivity index (χ2n) is 18.9. The SMILES string of the molecule is CC(C)(C)c1cc(P(c2ccccc2)c2ccccc2)c(O)c(C(C)(C)C)c1.CC(C)(C)c1cc(P(c2ccccc2)c2ccccc2)c(O)c(C(C)(C)C)c1.[Cl][Zr][Cl]. The van der Waals surface area contributed by atoms with E-state index in [1.165, 1.54) is 32.3 Å². The minimum atomic E-state index is -0.844. The molecule has 0 aliphatic heterocycles. The number of hydrogen-bond acceptors (Lipinski definition) is 2. The van der Waals surface area contributed by atoms with Gasteiger partial charge in [0.25, 0.3) is 0 Å². The van der Waals surface area contributed by atoms with Crippen molar-refractivity contribution < 1.29 is 31.1 Å². The molecule has 6 aromatic carbocycles. The van der Waals surface area contributed by atoms with Crippen molar-refractivity contribution in [2.75, 3.05) is 0 Å². The number of phenols is 2. The van der Waals surface area contributed by atoms with Crippen LogP contribution in [0.1, 0.15) is 105 Å². The topological polar surface area (TPSA) is 40.5 Å². The number of hydrogen-bond donors (Lipinski definition) is 2. The predicted octanol–water partition coefficient (Wildman–Crippen LogP) is 12.9. The molecule has 0 fully saturated rings. The van der Waals surface area contributed by atoms with Crippen LogP contribution in [0.4, 0.5) is 0 Å². The van der Waals surface area contributed by atoms with E-state index in [1.54, 1.807) is 0 Å². The molecule has 0 aliphatic rings. The van der Waals surface area contributed by atoms with Gasteiger partial charge in [-0.05, 0) is 82.0 Å². The van der Waals surface area contributed by atoms with E-state index in [4.69, 9.17) is 17.0 Å². The van der Waals surface area contributed by atoms with Gasteiger partial charge in [0, 0.05) is 21.7 Å². The summed E-state index contributed by atoms with van der Waals surface area (Å²) in [7, 11) is 8.18. The summed E-state index contributed by atoms with van der Waals surface area (Å²) < 4.78 is 0. The van der Waals surface area contributed by atoms with E-state index < -0.39 is 36.7 Å². The molecule has 310 valence electrons. The third-order valence-electron chi connectivity index (χ3n) is 10.1. The van der Waals surface area contributed by atoms with Gasteiger partial charge in [0.05, 0.1) is 0 Å². The zero-order valence-electron chi connectivity index (χ0n) is 36.9. The van der Waals surface area contributed by atoms with Gasteiger partial charge in [-0.3, -0.25) is 0 Å². The van der Waals surface area contributed by atoms with E-state index in [9.17, 15) is 10.2 Å². The van der Waals surface area contributed by atoms with Crippen molar-refractivity contribution in [3.05, 3.63) is 168 Å². The first kappa shape index (κ1) is 48.9. The Bertz CT molecular complexity index is 1980. The van der Waals surface area contributed by atoms with Crippen molar-refractivity contribution in [3.8, 4) is 11.5 Å². The Morgan fingerprint density at radius 1 is 0.373 bits per heavy atom. The van der Waals surface area contributed by atoms with Gasteiger partial charge in [0.15, 0.2) is 0 Å². The molecule has 6 aromatic rings. The third-order valence-corrected chi connectivity index (χ3v) is 15.0. The van der Waals surface area contributed by atoms with Gasteiger partial charge in [-0.2, -0.15) is 0 Å². The zero-order chi connectivity index (χ0) is 43.8. The Kier molecular flexibility index (Phi) is 17.3. The summed E-state index contributed by atoms with van der Waals surface area (Å²) in [6.45, 7) is 26.5. The molecule has 0 saturated carbocycles. The average molecular weight is 943 g/mol. The first-order valence-electron chi connectivity index (χ1n) is 20.1. The summed E-state index contributed by atoms with van der Waals surface area (Å²) in [6, 6.07) is 51.2. The Balaban J connectivity index is 0.000000244. The molecule has 0 spiro atoms. The first-order chi connectivity index (χ1) is 27.6. The van der Waals surface area contributed by atoms with Crippen molar-refractivity contribution in [3.63, 3.8) is 0 Å². The molecule has 0 heterocycles. The molecule has 0 unspecified atom stereocenters. The number of rotatable bonds is 6. The maximum atomic E-state index is 11.4. The van der Waals surface area contributed by atoms with E-state index in [0.29, 0.717) is 11.5 Å². The molecular weight excluding hydrogens is 881 g/mol. The van der Waals surface area contributed by atoms with Crippen LogP contribution < -0.4 is 31.8 Å². The quantitative estimate of drug-likeness (QED) is 0.163. The van der Waals surface area contributed by atoms with Crippen molar-refractivity contribution in [1.82, 2.24) is 0 Å². The van der Waals surface area contributed by atoms with Gasteiger partial charge in [-0.15, -0.1) is 0 Å². The average Bonchev–Trinajstić information content (AvgIpc) is 3.17. The van der Waals surface area contributed by atoms with Crippen LogP contribution in [-0.4, -0.2) is 10.2 Å². The number of benzene rings is 6. The fourth-order valence-corrected chi connectivity index (χ4v) is 11.5. The molecular formula is C52H62Cl2O2P2Zr. The summed E-state index contributed by atoms with van der Waals surface area (Å²) in [5, 5.41) is 30.0. The molecule has 0 aromatic heterocycles. The Morgan fingerprint density at radius 3 is 0.780 bits per heavy atom. The van der Waals surface area contributed by atoms with Gasteiger partial charge < -0.3 is 10.2 Å². The minimum absolute atomic E-state index is 0.0107. The monoisotopic (exact) mass is 940 g/mol. The van der Waals surface area contributed by atoms with Gasteiger partial charge in [-0.25, -0.2) is 0 Å². The van der Waals surface area contributed by atoms with Gasteiger partial charge >= 0.3 is 37.9 Å². The van der Waals surface area contributed by atoms with Crippen LogP contribution in [0, 0.1) is 0 Å². The van der Waals surface area contributed by atoms with Gasteiger partial charge in [-0.1, -0.05) is 217 Å². The summed E-state index contributed by atoms with van der Waals surface area (Å²) in [5.74, 6) is 0.888. The van der Waals surface area contributed by atoms with E-state index in [-0.39, 0.29) is 21.7 Å². The summed E-state index contributed by atoms with van der Waals surface area (Å²) in [5.41, 5.74) is 4.34. The van der Waals surface area contributed by atoms with E-state index >= 15 is 0 Å². The van der Waals surface area contributed by atoms with Crippen LogP contribution >= 0.6 is 32.9 Å². The fraction of sp³-hybridized carbons (Fsp3) is 0.308. The molecule has 0 amide bonds. The van der Waals surface area contributed by atoms with Crippen molar-refractivity contribution in [2.24, 2.45) is 0 Å². The zero-order valence-corrected chi connectivity index (χ0v) is 42.7. The van der Waals surface area contributed by atoms with Crippen LogP contribution in [0.25, 0.3) is 0 Å². The maximum absolute atomic E-state index is 11.4. The third kappa shape index (κ3) is 13.1. The molecule has 2 nitrogen and oxygen atoms in total. The van der Waals surface area contributed by atoms with E-state index in [2.05, 4.69) is 204 Å². The molecule has 7 heteroatoms. The van der Waals surface area contributed by atoms with Crippen molar-refractivity contribution in [2.45, 2.75) is 105 Å². The molecule has 6 rings (SSSR count). The number of aromatic hydroxyl groups is 2. The van der Waals surface area contributed by atoms with Crippen LogP contribution in [0.2, 0.25) is 0 Å². The standard InChI is InChI=1S/2C26H31OP.2ClH.Zr/c2*1-25(2,3)19-17-22(26(4,5)6)24(27)23(18-19)28(20-13-9-7-10-14-20)21-15-11-8-12-16-21;;;/h2*7-18,27H,1-6H3;2*1H;/q;;;;+2/p-2. The van der Waals surface area contributed by atoms with E-state index in [0.717, 1.165) is 21.7 Å². The van der Waals surface area contributed by atoms with Gasteiger partial charge in [0.1, 0.15) is 11.5 Å². The molecule has 59 heavy (non-hydrogen) atoms. The summed E-state index contributed by atoms with van der Waals surface area (Å²) >= 11 is -0.826. The van der Waals surface area contributed by atoms with Crippen LogP contribution in [0.3, 0.4) is 0 Å². The normalized spacial score (nSPS) is 12.0. The van der Waals surface area contributed by atoms with Gasteiger partial charge in [0.2, 0.25) is 0 Å². The Labute approximate surface area is 377 Å². The number of halogens is 2. The second-order valence-corrected chi connectivity index (χ2v) is 27.0.